The van der Waals surface area contributed by atoms with E-state index in [0.29, 0.717) is 0 Å². The molecule has 4 heterocycles. The first-order valence-corrected chi connectivity index (χ1v) is 3.79. The fourth-order valence-corrected chi connectivity index (χ4v) is 2.23. The normalized spacial score (nSPS) is 48.0. The highest BCUT2D eigenvalue weighted by Gasteiger charge is 2.36. The van der Waals surface area contributed by atoms with Crippen molar-refractivity contribution in [3.63, 3.8) is 0 Å². The highest BCUT2D eigenvalue weighted by atomic mass is 35.5. The lowest BCUT2D eigenvalue weighted by Gasteiger charge is -2.56. The summed E-state index contributed by atoms with van der Waals surface area (Å²) in [4.78, 5) is 9.88. The largest absolute Gasteiger partial charge is 0.344 e. The first kappa shape index (κ1) is 10.2. The molecule has 72 valence electrons. The second kappa shape index (κ2) is 3.45. The summed E-state index contributed by atoms with van der Waals surface area (Å²) in [6.07, 6.45) is 0. The maximum Gasteiger partial charge on any atom is 0.0555 e. The van der Waals surface area contributed by atoms with Crippen LogP contribution in [0.25, 0.3) is 0 Å². The molecular formula is C6H16ClN5. The lowest BCUT2D eigenvalue weighted by Crippen LogP contribution is -2.71. The number of halogens is 1. The minimum atomic E-state index is 0. The molecule has 0 aliphatic carbocycles. The topological polar surface area (TPSA) is 48.0 Å². The molecule has 0 amide bonds. The average molecular weight is 194 g/mol. The van der Waals surface area contributed by atoms with Crippen LogP contribution in [0.2, 0.25) is 0 Å². The lowest BCUT2D eigenvalue weighted by atomic mass is 10.4. The summed E-state index contributed by atoms with van der Waals surface area (Å²) in [6, 6.07) is 0. The SMILES string of the molecule is C1N2CN3CN1CN(C2)C3.Cl.N. The van der Waals surface area contributed by atoms with Gasteiger partial charge in [0, 0.05) is 0 Å². The van der Waals surface area contributed by atoms with Crippen molar-refractivity contribution in [2.24, 2.45) is 0 Å². The van der Waals surface area contributed by atoms with Crippen LogP contribution >= 0.6 is 12.4 Å². The molecule has 4 saturated heterocycles. The van der Waals surface area contributed by atoms with Gasteiger partial charge in [-0.3, -0.25) is 19.6 Å². The molecule has 0 radical (unpaired) electrons. The quantitative estimate of drug-likeness (QED) is 0.566. The Labute approximate surface area is 78.9 Å². The third-order valence-electron chi connectivity index (χ3n) is 2.40. The summed E-state index contributed by atoms with van der Waals surface area (Å²) in [7, 11) is 0. The average Bonchev–Trinajstić information content (AvgIpc) is 1.82. The maximum atomic E-state index is 2.47. The molecule has 4 fully saturated rings. The minimum Gasteiger partial charge on any atom is -0.344 e. The van der Waals surface area contributed by atoms with E-state index in [1.54, 1.807) is 0 Å². The summed E-state index contributed by atoms with van der Waals surface area (Å²) in [6.45, 7) is 7.12. The maximum absolute atomic E-state index is 2.47. The first-order valence-electron chi connectivity index (χ1n) is 3.79. The van der Waals surface area contributed by atoms with Crippen molar-refractivity contribution in [3.8, 4) is 0 Å². The summed E-state index contributed by atoms with van der Waals surface area (Å²) in [5, 5.41) is 0. The predicted molar refractivity (Wildman–Crippen MR) is 48.8 cm³/mol. The zero-order valence-corrected chi connectivity index (χ0v) is 7.96. The Bertz CT molecular complexity index is 107. The molecule has 0 spiro atoms. The number of rotatable bonds is 0. The Morgan fingerprint density at radius 2 is 0.667 bits per heavy atom. The van der Waals surface area contributed by atoms with Crippen molar-refractivity contribution in [1.82, 2.24) is 25.8 Å². The molecular weight excluding hydrogens is 178 g/mol. The van der Waals surface area contributed by atoms with Crippen LogP contribution in [0.5, 0.6) is 0 Å². The monoisotopic (exact) mass is 193 g/mol. The van der Waals surface area contributed by atoms with Gasteiger partial charge in [0.05, 0.1) is 40.0 Å². The molecule has 0 atom stereocenters. The second-order valence-electron chi connectivity index (χ2n) is 3.53. The fraction of sp³-hybridized carbons (Fsp3) is 1.00. The Kier molecular flexibility index (Phi) is 2.92. The van der Waals surface area contributed by atoms with Crippen LogP contribution in [-0.2, 0) is 0 Å². The van der Waals surface area contributed by atoms with E-state index in [0.717, 1.165) is 0 Å². The van der Waals surface area contributed by atoms with Crippen LogP contribution in [0.4, 0.5) is 0 Å². The van der Waals surface area contributed by atoms with Gasteiger partial charge in [-0.1, -0.05) is 0 Å². The summed E-state index contributed by atoms with van der Waals surface area (Å²) >= 11 is 0. The highest BCUT2D eigenvalue weighted by molar-refractivity contribution is 5.85. The molecule has 6 heteroatoms. The van der Waals surface area contributed by atoms with Gasteiger partial charge in [0.2, 0.25) is 0 Å². The predicted octanol–water partition coefficient (Wildman–Crippen LogP) is -0.436. The third-order valence-corrected chi connectivity index (χ3v) is 2.40. The molecule has 0 aromatic heterocycles. The lowest BCUT2D eigenvalue weighted by molar-refractivity contribution is -0.194. The van der Waals surface area contributed by atoms with E-state index in [4.69, 9.17) is 0 Å². The molecule has 4 aliphatic rings. The molecule has 0 saturated carbocycles. The number of hydrogen-bond acceptors (Lipinski definition) is 5. The van der Waals surface area contributed by atoms with Crippen LogP contribution in [0.1, 0.15) is 0 Å². The minimum absolute atomic E-state index is 0. The van der Waals surface area contributed by atoms with E-state index in [2.05, 4.69) is 19.6 Å². The smallest absolute Gasteiger partial charge is 0.0555 e. The van der Waals surface area contributed by atoms with Gasteiger partial charge in [0.15, 0.2) is 0 Å². The van der Waals surface area contributed by atoms with Crippen molar-refractivity contribution in [2.45, 2.75) is 0 Å². The van der Waals surface area contributed by atoms with Gasteiger partial charge in [-0.05, 0) is 0 Å². The molecule has 0 aromatic carbocycles. The molecule has 4 rings (SSSR count). The van der Waals surface area contributed by atoms with Gasteiger partial charge < -0.3 is 6.15 Å². The van der Waals surface area contributed by atoms with Gasteiger partial charge >= 0.3 is 0 Å². The van der Waals surface area contributed by atoms with Crippen LogP contribution < -0.4 is 6.15 Å². The van der Waals surface area contributed by atoms with Gasteiger partial charge in [0.25, 0.3) is 0 Å². The van der Waals surface area contributed by atoms with Gasteiger partial charge in [-0.2, -0.15) is 0 Å². The van der Waals surface area contributed by atoms with E-state index >= 15 is 0 Å². The second-order valence-corrected chi connectivity index (χ2v) is 3.53. The van der Waals surface area contributed by atoms with Crippen LogP contribution in [0.3, 0.4) is 0 Å². The highest BCUT2D eigenvalue weighted by Crippen LogP contribution is 2.20. The number of hydrogen-bond donors (Lipinski definition) is 1. The van der Waals surface area contributed by atoms with Crippen molar-refractivity contribution in [1.29, 1.82) is 0 Å². The van der Waals surface area contributed by atoms with Crippen molar-refractivity contribution in [2.75, 3.05) is 40.0 Å². The van der Waals surface area contributed by atoms with E-state index in [9.17, 15) is 0 Å². The van der Waals surface area contributed by atoms with Crippen molar-refractivity contribution < 1.29 is 0 Å². The third kappa shape index (κ3) is 1.44. The van der Waals surface area contributed by atoms with Crippen molar-refractivity contribution in [3.05, 3.63) is 0 Å². The summed E-state index contributed by atoms with van der Waals surface area (Å²) in [5.74, 6) is 0. The number of nitrogens with zero attached hydrogens (tertiary/aromatic N) is 4. The first-order chi connectivity index (χ1) is 4.90. The molecule has 0 aromatic rings. The molecule has 3 N–H and O–H groups in total. The van der Waals surface area contributed by atoms with Crippen LogP contribution in [0, 0.1) is 0 Å². The summed E-state index contributed by atoms with van der Waals surface area (Å²) in [5.41, 5.74) is 0. The molecule has 4 aliphatic heterocycles. The summed E-state index contributed by atoms with van der Waals surface area (Å²) < 4.78 is 0. The Hall–Kier alpha value is 0.0900. The molecule has 4 bridgehead atoms. The fourth-order valence-electron chi connectivity index (χ4n) is 2.23. The van der Waals surface area contributed by atoms with Gasteiger partial charge in [-0.15, -0.1) is 12.4 Å². The Balaban J connectivity index is 0.000000360. The zero-order valence-electron chi connectivity index (χ0n) is 7.15. The van der Waals surface area contributed by atoms with Crippen LogP contribution in [0.15, 0.2) is 0 Å². The van der Waals surface area contributed by atoms with E-state index < -0.39 is 0 Å². The zero-order chi connectivity index (χ0) is 6.55. The molecule has 5 nitrogen and oxygen atoms in total. The van der Waals surface area contributed by atoms with E-state index in [1.807, 2.05) is 0 Å². The van der Waals surface area contributed by atoms with Gasteiger partial charge in [0.1, 0.15) is 0 Å². The van der Waals surface area contributed by atoms with Crippen molar-refractivity contribution >= 4 is 12.4 Å². The Morgan fingerprint density at radius 1 is 0.500 bits per heavy atom. The standard InChI is InChI=1S/C6H12N4.ClH.H3N/c1-7-2-9-4-8(1)5-10(3-7)6-9;;/h1-6H2;1H;1H3. The van der Waals surface area contributed by atoms with Gasteiger partial charge in [-0.25, -0.2) is 0 Å². The Morgan fingerprint density at radius 3 is 0.833 bits per heavy atom. The van der Waals surface area contributed by atoms with E-state index in [1.165, 1.54) is 40.0 Å². The van der Waals surface area contributed by atoms with Crippen LogP contribution in [-0.4, -0.2) is 59.6 Å². The van der Waals surface area contributed by atoms with E-state index in [-0.39, 0.29) is 18.6 Å². The molecule has 0 unspecified atom stereocenters. The molecule has 12 heavy (non-hydrogen) atoms.